The first-order valence-corrected chi connectivity index (χ1v) is 11.4. The number of fused-ring (bicyclic) bond motifs is 2. The minimum absolute atomic E-state index is 0.141. The molecule has 4 N–H and O–H groups in total. The van der Waals surface area contributed by atoms with Gasteiger partial charge in [0.25, 0.3) is 11.8 Å². The van der Waals surface area contributed by atoms with Crippen LogP contribution in [0.4, 0.5) is 13.2 Å². The summed E-state index contributed by atoms with van der Waals surface area (Å²) in [5.41, 5.74) is 0.723. The molecule has 8 nitrogen and oxygen atoms in total. The lowest BCUT2D eigenvalue weighted by Crippen LogP contribution is -2.49. The first-order chi connectivity index (χ1) is 17.8. The van der Waals surface area contributed by atoms with E-state index in [2.05, 4.69) is 20.6 Å². The van der Waals surface area contributed by atoms with E-state index >= 15 is 0 Å². The van der Waals surface area contributed by atoms with Crippen molar-refractivity contribution in [1.82, 2.24) is 25.8 Å². The fourth-order valence-corrected chi connectivity index (χ4v) is 4.27. The molecular formula is C26H22F3N6O2+. The van der Waals surface area contributed by atoms with E-state index in [0.29, 0.717) is 0 Å². The number of pyridine rings is 2. The third kappa shape index (κ3) is 4.88. The number of hydrogen-bond acceptors (Lipinski definition) is 5. The van der Waals surface area contributed by atoms with Crippen molar-refractivity contribution < 1.29 is 27.7 Å². The fraction of sp³-hybridized carbons (Fsp3) is 0.154. The average Bonchev–Trinajstić information content (AvgIpc) is 3.30. The maximum Gasteiger partial charge on any atom is 0.418 e. The maximum atomic E-state index is 13.8. The summed E-state index contributed by atoms with van der Waals surface area (Å²) in [5.74, 6) is -1.45. The highest BCUT2D eigenvalue weighted by Crippen LogP contribution is 2.32. The zero-order chi connectivity index (χ0) is 26.0. The Hall–Kier alpha value is -4.67. The van der Waals surface area contributed by atoms with Crippen LogP contribution in [0.3, 0.4) is 0 Å². The van der Waals surface area contributed by atoms with Crippen LogP contribution in [-0.4, -0.2) is 34.0 Å². The van der Waals surface area contributed by atoms with Gasteiger partial charge < -0.3 is 20.9 Å². The van der Waals surface area contributed by atoms with E-state index in [1.165, 1.54) is 29.3 Å². The lowest BCUT2D eigenvalue weighted by atomic mass is 10.1. The molecule has 188 valence electrons. The molecule has 2 aliphatic rings. The number of aromatic nitrogens is 2. The zero-order valence-corrected chi connectivity index (χ0v) is 19.3. The van der Waals surface area contributed by atoms with Gasteiger partial charge in [-0.3, -0.25) is 14.6 Å². The van der Waals surface area contributed by atoms with Crippen molar-refractivity contribution in [2.45, 2.75) is 24.9 Å². The summed E-state index contributed by atoms with van der Waals surface area (Å²) in [4.78, 5) is 34.4. The number of benzene rings is 1. The van der Waals surface area contributed by atoms with E-state index < -0.39 is 30.2 Å². The number of amides is 2. The number of rotatable bonds is 6. The second-order valence-electron chi connectivity index (χ2n) is 8.42. The third-order valence-electron chi connectivity index (χ3n) is 6.03. The van der Waals surface area contributed by atoms with Crippen LogP contribution >= 0.6 is 0 Å². The van der Waals surface area contributed by atoms with Crippen LogP contribution in [0, 0.1) is 0 Å². The first kappa shape index (κ1) is 24.0. The van der Waals surface area contributed by atoms with Gasteiger partial charge >= 0.3 is 6.18 Å². The Morgan fingerprint density at radius 2 is 1.92 bits per heavy atom. The molecule has 0 saturated carbocycles. The Kier molecular flexibility index (Phi) is 6.34. The van der Waals surface area contributed by atoms with Gasteiger partial charge in [0, 0.05) is 42.7 Å². The molecule has 11 heteroatoms. The number of allylic oxidation sites excluding steroid dienone is 3. The minimum Gasteiger partial charge on any atom is -0.351 e. The van der Waals surface area contributed by atoms with E-state index in [-0.39, 0.29) is 23.6 Å². The molecule has 37 heavy (non-hydrogen) atoms. The molecule has 0 bridgehead atoms. The monoisotopic (exact) mass is 507 g/mol. The predicted molar refractivity (Wildman–Crippen MR) is 128 cm³/mol. The van der Waals surface area contributed by atoms with Gasteiger partial charge in [0.15, 0.2) is 12.4 Å². The van der Waals surface area contributed by atoms with Gasteiger partial charge in [-0.1, -0.05) is 36.4 Å². The summed E-state index contributed by atoms with van der Waals surface area (Å²) in [7, 11) is 0. The molecule has 0 aliphatic carbocycles. The summed E-state index contributed by atoms with van der Waals surface area (Å²) >= 11 is 0. The SMILES string of the molecule is O=C(NC(c1cccc[nH+]1)C(F)(F)F)C1=C2C=CC=CN2C(C(=O)NCc2cncc3ccccc23)N1. The van der Waals surface area contributed by atoms with Crippen molar-refractivity contribution in [3.63, 3.8) is 0 Å². The van der Waals surface area contributed by atoms with Crippen LogP contribution in [0.15, 0.2) is 96.9 Å². The molecular weight excluding hydrogens is 485 g/mol. The molecule has 5 rings (SSSR count). The van der Waals surface area contributed by atoms with Crippen molar-refractivity contribution >= 4 is 22.6 Å². The van der Waals surface area contributed by atoms with Gasteiger partial charge in [-0.05, 0) is 23.1 Å². The number of H-pyrrole nitrogens is 1. The topological polar surface area (TPSA) is 100 Å². The van der Waals surface area contributed by atoms with Gasteiger partial charge in [0.2, 0.25) is 11.7 Å². The molecule has 0 fully saturated rings. The van der Waals surface area contributed by atoms with Crippen molar-refractivity contribution in [2.24, 2.45) is 0 Å². The number of hydrogen-bond donors (Lipinski definition) is 3. The summed E-state index contributed by atoms with van der Waals surface area (Å²) in [6.45, 7) is 0.176. The van der Waals surface area contributed by atoms with Gasteiger partial charge in [0.05, 0.1) is 5.70 Å². The molecule has 2 aromatic heterocycles. The average molecular weight is 507 g/mol. The highest BCUT2D eigenvalue weighted by atomic mass is 19.4. The molecule has 0 saturated heterocycles. The highest BCUT2D eigenvalue weighted by molar-refractivity contribution is 5.97. The molecule has 0 radical (unpaired) electrons. The minimum atomic E-state index is -4.75. The molecule has 1 aromatic carbocycles. The van der Waals surface area contributed by atoms with Crippen molar-refractivity contribution in [3.8, 4) is 0 Å². The van der Waals surface area contributed by atoms with E-state index in [9.17, 15) is 22.8 Å². The van der Waals surface area contributed by atoms with Crippen LogP contribution in [0.25, 0.3) is 10.8 Å². The van der Waals surface area contributed by atoms with Gasteiger partial charge in [-0.15, -0.1) is 0 Å². The van der Waals surface area contributed by atoms with E-state index in [1.54, 1.807) is 36.8 Å². The lowest BCUT2D eigenvalue weighted by molar-refractivity contribution is -0.401. The quantitative estimate of drug-likeness (QED) is 0.476. The number of nitrogens with zero attached hydrogens (tertiary/aromatic N) is 2. The Morgan fingerprint density at radius 1 is 1.11 bits per heavy atom. The number of carbonyl (C=O) groups excluding carboxylic acids is 2. The van der Waals surface area contributed by atoms with Gasteiger partial charge in [-0.2, -0.15) is 13.2 Å². The summed E-state index contributed by atoms with van der Waals surface area (Å²) < 4.78 is 41.4. The smallest absolute Gasteiger partial charge is 0.351 e. The molecule has 0 spiro atoms. The second kappa shape index (κ2) is 9.76. The Labute approximate surface area is 209 Å². The molecule has 2 unspecified atom stereocenters. The van der Waals surface area contributed by atoms with Crippen molar-refractivity contribution in [3.05, 3.63) is 108 Å². The second-order valence-corrected chi connectivity index (χ2v) is 8.42. The summed E-state index contributed by atoms with van der Waals surface area (Å²) in [5, 5.41) is 9.54. The molecule has 4 heterocycles. The lowest BCUT2D eigenvalue weighted by Gasteiger charge is -2.24. The third-order valence-corrected chi connectivity index (χ3v) is 6.03. The van der Waals surface area contributed by atoms with Crippen molar-refractivity contribution in [2.75, 3.05) is 0 Å². The maximum absolute atomic E-state index is 13.8. The molecule has 2 aliphatic heterocycles. The van der Waals surface area contributed by atoms with Gasteiger partial charge in [0.1, 0.15) is 5.70 Å². The number of carbonyl (C=O) groups is 2. The Bertz CT molecular complexity index is 1430. The number of nitrogens with one attached hydrogen (secondary N) is 4. The van der Waals surface area contributed by atoms with E-state index in [1.807, 2.05) is 29.6 Å². The summed E-state index contributed by atoms with van der Waals surface area (Å²) in [6.07, 6.45) is 5.39. The fourth-order valence-electron chi connectivity index (χ4n) is 4.27. The van der Waals surface area contributed by atoms with Crippen LogP contribution in [0.5, 0.6) is 0 Å². The first-order valence-electron chi connectivity index (χ1n) is 11.4. The molecule has 3 aromatic rings. The van der Waals surface area contributed by atoms with Gasteiger partial charge in [-0.25, -0.2) is 4.98 Å². The predicted octanol–water partition coefficient (Wildman–Crippen LogP) is 2.61. The standard InChI is InChI=1S/C26H21F3N6O2/c27-26(28,29)22(19-9-3-5-11-31-19)34-24(36)21-20-10-4-6-12-35(20)23(33-21)25(37)32-15-17-14-30-13-16-7-1-2-8-18(16)17/h1-14,22-23,33H,15H2,(H,32,37)(H,34,36)/p+1. The largest absolute Gasteiger partial charge is 0.418 e. The molecule has 2 amide bonds. The van der Waals surface area contributed by atoms with E-state index in [4.69, 9.17) is 0 Å². The number of aromatic amines is 1. The highest BCUT2D eigenvalue weighted by Gasteiger charge is 2.47. The normalized spacial score (nSPS) is 17.4. The number of alkyl halides is 3. The van der Waals surface area contributed by atoms with Crippen molar-refractivity contribution in [1.29, 1.82) is 0 Å². The molecule has 2 atom stereocenters. The van der Waals surface area contributed by atoms with Crippen LogP contribution in [0.2, 0.25) is 0 Å². The van der Waals surface area contributed by atoms with Crippen LogP contribution in [-0.2, 0) is 16.1 Å². The van der Waals surface area contributed by atoms with Crippen LogP contribution < -0.4 is 20.9 Å². The number of halogens is 3. The Morgan fingerprint density at radius 3 is 2.70 bits per heavy atom. The van der Waals surface area contributed by atoms with E-state index in [0.717, 1.165) is 16.3 Å². The van der Waals surface area contributed by atoms with Crippen LogP contribution in [0.1, 0.15) is 17.3 Å². The summed E-state index contributed by atoms with van der Waals surface area (Å²) in [6, 6.07) is 9.58. The Balaban J connectivity index is 1.34. The zero-order valence-electron chi connectivity index (χ0n) is 19.3.